The molecule has 2 heterocycles. The van der Waals surface area contributed by atoms with Crippen molar-refractivity contribution in [1.29, 1.82) is 0 Å². The van der Waals surface area contributed by atoms with Gasteiger partial charge in [-0.05, 0) is 37.3 Å². The zero-order valence-corrected chi connectivity index (χ0v) is 18.1. The van der Waals surface area contributed by atoms with Crippen molar-refractivity contribution in [3.05, 3.63) is 94.8 Å². The minimum Gasteiger partial charge on any atom is -0.349 e. The molecule has 5 rings (SSSR count). The fourth-order valence-corrected chi connectivity index (χ4v) is 4.41. The SMILES string of the molecule is Cc1ccc(-n2c(SCC(=O)Nc3ccccc3)nc3c([nH]c4ccccc43)c2=O)cc1. The minimum absolute atomic E-state index is 0.126. The van der Waals surface area contributed by atoms with E-state index in [0.717, 1.165) is 22.2 Å². The van der Waals surface area contributed by atoms with Crippen LogP contribution in [0.4, 0.5) is 5.69 Å². The first-order valence-electron chi connectivity index (χ1n) is 10.2. The molecule has 0 fully saturated rings. The third-order valence-corrected chi connectivity index (χ3v) is 6.12. The first-order chi connectivity index (χ1) is 15.6. The molecule has 0 unspecified atom stereocenters. The van der Waals surface area contributed by atoms with E-state index in [-0.39, 0.29) is 17.2 Å². The quantitative estimate of drug-likeness (QED) is 0.301. The summed E-state index contributed by atoms with van der Waals surface area (Å²) in [6, 6.07) is 24.7. The Hall–Kier alpha value is -3.84. The van der Waals surface area contributed by atoms with Crippen LogP contribution in [0.5, 0.6) is 0 Å². The zero-order chi connectivity index (χ0) is 22.1. The standard InChI is InChI=1S/C25H20N4O2S/c1-16-11-13-18(14-12-16)29-24(31)23-22(19-9-5-6-10-20(19)27-23)28-25(29)32-15-21(30)26-17-7-3-2-4-8-17/h2-14,27H,15H2,1H3,(H,26,30). The Labute approximate surface area is 188 Å². The number of carbonyl (C=O) groups is 1. The summed E-state index contributed by atoms with van der Waals surface area (Å²) in [7, 11) is 0. The van der Waals surface area contributed by atoms with Crippen LogP contribution in [0.2, 0.25) is 0 Å². The van der Waals surface area contributed by atoms with Crippen molar-refractivity contribution in [3.8, 4) is 5.69 Å². The maximum absolute atomic E-state index is 13.5. The van der Waals surface area contributed by atoms with E-state index in [9.17, 15) is 9.59 Å². The second-order valence-electron chi connectivity index (χ2n) is 7.47. The number of amides is 1. The number of thioether (sulfide) groups is 1. The molecule has 32 heavy (non-hydrogen) atoms. The van der Waals surface area contributed by atoms with E-state index >= 15 is 0 Å². The average molecular weight is 441 g/mol. The van der Waals surface area contributed by atoms with Crippen molar-refractivity contribution in [3.63, 3.8) is 0 Å². The van der Waals surface area contributed by atoms with Crippen LogP contribution in [-0.2, 0) is 4.79 Å². The van der Waals surface area contributed by atoms with Gasteiger partial charge in [0.05, 0.1) is 11.4 Å². The van der Waals surface area contributed by atoms with Crippen molar-refractivity contribution in [1.82, 2.24) is 14.5 Å². The largest absolute Gasteiger partial charge is 0.349 e. The van der Waals surface area contributed by atoms with Crippen LogP contribution >= 0.6 is 11.8 Å². The number of fused-ring (bicyclic) bond motifs is 3. The lowest BCUT2D eigenvalue weighted by molar-refractivity contribution is -0.113. The number of H-pyrrole nitrogens is 1. The molecule has 0 aliphatic rings. The number of hydrogen-bond donors (Lipinski definition) is 2. The molecule has 0 aliphatic carbocycles. The third-order valence-electron chi connectivity index (χ3n) is 5.18. The fourth-order valence-electron chi connectivity index (χ4n) is 3.61. The summed E-state index contributed by atoms with van der Waals surface area (Å²) < 4.78 is 1.57. The fraction of sp³-hybridized carbons (Fsp3) is 0.0800. The van der Waals surface area contributed by atoms with Crippen molar-refractivity contribution < 1.29 is 4.79 Å². The van der Waals surface area contributed by atoms with Crippen LogP contribution in [0.25, 0.3) is 27.6 Å². The van der Waals surface area contributed by atoms with Gasteiger partial charge in [-0.2, -0.15) is 0 Å². The van der Waals surface area contributed by atoms with Crippen molar-refractivity contribution >= 4 is 45.3 Å². The normalized spacial score (nSPS) is 11.2. The third kappa shape index (κ3) is 3.78. The van der Waals surface area contributed by atoms with Gasteiger partial charge in [0.15, 0.2) is 5.16 Å². The van der Waals surface area contributed by atoms with E-state index in [4.69, 9.17) is 4.98 Å². The number of aromatic nitrogens is 3. The Morgan fingerprint density at radius 1 is 1.00 bits per heavy atom. The van der Waals surface area contributed by atoms with Crippen LogP contribution in [0.15, 0.2) is 88.8 Å². The highest BCUT2D eigenvalue weighted by atomic mass is 32.2. The molecule has 0 aliphatic heterocycles. The molecular formula is C25H20N4O2S. The molecule has 2 N–H and O–H groups in total. The van der Waals surface area contributed by atoms with Crippen LogP contribution in [0.3, 0.4) is 0 Å². The van der Waals surface area contributed by atoms with E-state index in [0.29, 0.717) is 21.9 Å². The van der Waals surface area contributed by atoms with Crippen molar-refractivity contribution in [2.24, 2.45) is 0 Å². The van der Waals surface area contributed by atoms with Gasteiger partial charge in [0.1, 0.15) is 11.0 Å². The van der Waals surface area contributed by atoms with Crippen LogP contribution in [-0.4, -0.2) is 26.2 Å². The van der Waals surface area contributed by atoms with Gasteiger partial charge in [0.25, 0.3) is 5.56 Å². The number of carbonyl (C=O) groups excluding carboxylic acids is 1. The predicted octanol–water partition coefficient (Wildman–Crippen LogP) is 4.91. The Kier molecular flexibility index (Phi) is 5.25. The summed E-state index contributed by atoms with van der Waals surface area (Å²) in [5, 5.41) is 4.23. The van der Waals surface area contributed by atoms with Gasteiger partial charge in [0, 0.05) is 16.6 Å². The lowest BCUT2D eigenvalue weighted by Gasteiger charge is -2.12. The van der Waals surface area contributed by atoms with Crippen LogP contribution in [0.1, 0.15) is 5.56 Å². The first kappa shape index (κ1) is 20.1. The Bertz CT molecular complexity index is 1490. The topological polar surface area (TPSA) is 79.8 Å². The summed E-state index contributed by atoms with van der Waals surface area (Å²) in [5.41, 5.74) is 4.25. The second kappa shape index (κ2) is 8.36. The Morgan fingerprint density at radius 3 is 2.50 bits per heavy atom. The number of rotatable bonds is 5. The summed E-state index contributed by atoms with van der Waals surface area (Å²) >= 11 is 1.24. The number of aryl methyl sites for hydroxylation is 1. The predicted molar refractivity (Wildman–Crippen MR) is 130 cm³/mol. The molecular weight excluding hydrogens is 420 g/mol. The van der Waals surface area contributed by atoms with Gasteiger partial charge in [-0.1, -0.05) is 65.9 Å². The number of anilines is 1. The number of hydrogen-bond acceptors (Lipinski definition) is 4. The number of benzene rings is 3. The number of nitrogens with zero attached hydrogens (tertiary/aromatic N) is 2. The molecule has 0 bridgehead atoms. The lowest BCUT2D eigenvalue weighted by atomic mass is 10.2. The van der Waals surface area contributed by atoms with Gasteiger partial charge in [-0.15, -0.1) is 0 Å². The molecule has 0 spiro atoms. The van der Waals surface area contributed by atoms with Gasteiger partial charge < -0.3 is 10.3 Å². The zero-order valence-electron chi connectivity index (χ0n) is 17.3. The highest BCUT2D eigenvalue weighted by Gasteiger charge is 2.18. The number of aromatic amines is 1. The maximum atomic E-state index is 13.5. The minimum atomic E-state index is -0.193. The molecule has 1 amide bonds. The van der Waals surface area contributed by atoms with Gasteiger partial charge in [-0.3, -0.25) is 14.2 Å². The lowest BCUT2D eigenvalue weighted by Crippen LogP contribution is -2.23. The smallest absolute Gasteiger partial charge is 0.283 e. The Morgan fingerprint density at radius 2 is 1.72 bits per heavy atom. The van der Waals surface area contributed by atoms with E-state index in [1.165, 1.54) is 11.8 Å². The van der Waals surface area contributed by atoms with Gasteiger partial charge >= 0.3 is 0 Å². The number of para-hydroxylation sites is 2. The summed E-state index contributed by atoms with van der Waals surface area (Å²) in [6.45, 7) is 2.00. The van der Waals surface area contributed by atoms with Gasteiger partial charge in [0.2, 0.25) is 5.91 Å². The first-order valence-corrected chi connectivity index (χ1v) is 11.2. The molecule has 0 saturated carbocycles. The highest BCUT2D eigenvalue weighted by Crippen LogP contribution is 2.26. The number of nitrogens with one attached hydrogen (secondary N) is 2. The van der Waals surface area contributed by atoms with Crippen molar-refractivity contribution in [2.75, 3.05) is 11.1 Å². The highest BCUT2D eigenvalue weighted by molar-refractivity contribution is 7.99. The summed E-state index contributed by atoms with van der Waals surface area (Å²) in [4.78, 5) is 34.1. The molecule has 7 heteroatoms. The van der Waals surface area contributed by atoms with E-state index < -0.39 is 0 Å². The summed E-state index contributed by atoms with van der Waals surface area (Å²) in [6.07, 6.45) is 0. The molecule has 158 valence electrons. The average Bonchev–Trinajstić information content (AvgIpc) is 3.18. The Balaban J connectivity index is 1.58. The molecule has 6 nitrogen and oxygen atoms in total. The monoisotopic (exact) mass is 440 g/mol. The maximum Gasteiger partial charge on any atom is 0.283 e. The summed E-state index contributed by atoms with van der Waals surface area (Å²) in [5.74, 6) is -0.0361. The molecule has 5 aromatic rings. The van der Waals surface area contributed by atoms with E-state index in [1.807, 2.05) is 85.8 Å². The van der Waals surface area contributed by atoms with Crippen LogP contribution < -0.4 is 10.9 Å². The van der Waals surface area contributed by atoms with E-state index in [1.54, 1.807) is 4.57 Å². The van der Waals surface area contributed by atoms with Gasteiger partial charge in [-0.25, -0.2) is 4.98 Å². The van der Waals surface area contributed by atoms with Crippen LogP contribution in [0, 0.1) is 6.92 Å². The molecule has 0 saturated heterocycles. The molecule has 0 atom stereocenters. The molecule has 0 radical (unpaired) electrons. The molecule has 2 aromatic heterocycles. The second-order valence-corrected chi connectivity index (χ2v) is 8.41. The van der Waals surface area contributed by atoms with Crippen molar-refractivity contribution in [2.45, 2.75) is 12.1 Å². The molecule has 3 aromatic carbocycles. The van der Waals surface area contributed by atoms with E-state index in [2.05, 4.69) is 10.3 Å².